The van der Waals surface area contributed by atoms with Crippen LogP contribution < -0.4 is 5.32 Å². The Morgan fingerprint density at radius 1 is 1.47 bits per heavy atom. The molecule has 1 amide bonds. The van der Waals surface area contributed by atoms with E-state index in [1.54, 1.807) is 6.07 Å². The molecule has 0 saturated carbocycles. The number of halogens is 2. The molecular formula is C14H17ClINO2. The molecule has 1 N–H and O–H groups in total. The molecule has 1 aliphatic rings. The predicted molar refractivity (Wildman–Crippen MR) is 85.6 cm³/mol. The lowest BCUT2D eigenvalue weighted by Gasteiger charge is -2.22. The van der Waals surface area contributed by atoms with Gasteiger partial charge in [0.05, 0.1) is 11.8 Å². The average molecular weight is 394 g/mol. The Hall–Kier alpha value is -0.330. The number of hydrogen-bond donors (Lipinski definition) is 1. The number of carbonyl (C=O) groups excluding carboxylic acids is 1. The molecule has 1 aromatic rings. The van der Waals surface area contributed by atoms with Crippen LogP contribution in [0.5, 0.6) is 0 Å². The van der Waals surface area contributed by atoms with E-state index >= 15 is 0 Å². The van der Waals surface area contributed by atoms with E-state index in [1.165, 1.54) is 6.42 Å². The maximum Gasteiger partial charge on any atom is 0.224 e. The van der Waals surface area contributed by atoms with E-state index in [0.717, 1.165) is 35.1 Å². The van der Waals surface area contributed by atoms with Crippen LogP contribution >= 0.6 is 34.2 Å². The number of rotatable bonds is 4. The molecule has 0 radical (unpaired) electrons. The minimum atomic E-state index is 0.0365. The summed E-state index contributed by atoms with van der Waals surface area (Å²) in [5, 5.41) is 3.60. The van der Waals surface area contributed by atoms with Crippen LogP contribution in [0.1, 0.15) is 32.1 Å². The number of hydrogen-bond acceptors (Lipinski definition) is 2. The van der Waals surface area contributed by atoms with Crippen molar-refractivity contribution in [2.24, 2.45) is 0 Å². The van der Waals surface area contributed by atoms with Crippen molar-refractivity contribution in [3.63, 3.8) is 0 Å². The van der Waals surface area contributed by atoms with Gasteiger partial charge in [-0.25, -0.2) is 0 Å². The number of benzene rings is 1. The number of anilines is 1. The third-order valence-corrected chi connectivity index (χ3v) is 4.30. The van der Waals surface area contributed by atoms with Gasteiger partial charge in [0.15, 0.2) is 0 Å². The van der Waals surface area contributed by atoms with Crippen LogP contribution in [0.25, 0.3) is 0 Å². The van der Waals surface area contributed by atoms with E-state index in [1.807, 2.05) is 12.1 Å². The smallest absolute Gasteiger partial charge is 0.224 e. The zero-order valence-electron chi connectivity index (χ0n) is 10.6. The number of amides is 1. The van der Waals surface area contributed by atoms with Crippen LogP contribution in [0.2, 0.25) is 5.02 Å². The van der Waals surface area contributed by atoms with Gasteiger partial charge >= 0.3 is 0 Å². The summed E-state index contributed by atoms with van der Waals surface area (Å²) >= 11 is 8.05. The van der Waals surface area contributed by atoms with Crippen molar-refractivity contribution in [1.29, 1.82) is 0 Å². The highest BCUT2D eigenvalue weighted by Gasteiger charge is 2.15. The topological polar surface area (TPSA) is 38.3 Å². The Morgan fingerprint density at radius 3 is 3.00 bits per heavy atom. The molecule has 1 unspecified atom stereocenters. The molecule has 104 valence electrons. The van der Waals surface area contributed by atoms with Crippen molar-refractivity contribution < 1.29 is 9.53 Å². The quantitative estimate of drug-likeness (QED) is 0.777. The maximum atomic E-state index is 11.9. The van der Waals surface area contributed by atoms with Crippen molar-refractivity contribution in [2.45, 2.75) is 38.2 Å². The van der Waals surface area contributed by atoms with Crippen molar-refractivity contribution in [1.82, 2.24) is 0 Å². The van der Waals surface area contributed by atoms with E-state index in [2.05, 4.69) is 27.9 Å². The van der Waals surface area contributed by atoms with Crippen LogP contribution in [0.4, 0.5) is 5.69 Å². The van der Waals surface area contributed by atoms with E-state index in [0.29, 0.717) is 11.4 Å². The summed E-state index contributed by atoms with van der Waals surface area (Å²) in [6, 6.07) is 5.45. The Bertz CT molecular complexity index is 447. The third-order valence-electron chi connectivity index (χ3n) is 3.17. The van der Waals surface area contributed by atoms with Crippen LogP contribution in [0.15, 0.2) is 18.2 Å². The Labute approximate surface area is 132 Å². The van der Waals surface area contributed by atoms with Crippen molar-refractivity contribution in [3.8, 4) is 0 Å². The maximum absolute atomic E-state index is 11.9. The van der Waals surface area contributed by atoms with Crippen molar-refractivity contribution in [3.05, 3.63) is 26.8 Å². The number of carbonyl (C=O) groups is 1. The molecule has 1 atom stereocenters. The molecule has 0 bridgehead atoms. The molecular weight excluding hydrogens is 377 g/mol. The fourth-order valence-electron chi connectivity index (χ4n) is 2.13. The highest BCUT2D eigenvalue weighted by Crippen LogP contribution is 2.23. The minimum absolute atomic E-state index is 0.0365. The summed E-state index contributed by atoms with van der Waals surface area (Å²) < 4.78 is 6.57. The molecule has 5 heteroatoms. The van der Waals surface area contributed by atoms with Crippen LogP contribution in [0.3, 0.4) is 0 Å². The molecule has 1 fully saturated rings. The molecule has 1 heterocycles. The SMILES string of the molecule is O=C(CCC1CCCCO1)Nc1ccc(Cl)cc1I. The molecule has 3 nitrogen and oxygen atoms in total. The lowest BCUT2D eigenvalue weighted by Crippen LogP contribution is -2.21. The van der Waals surface area contributed by atoms with E-state index in [4.69, 9.17) is 16.3 Å². The first kappa shape index (κ1) is 15.1. The first-order chi connectivity index (χ1) is 9.15. The Kier molecular flexibility index (Phi) is 5.91. The second-order valence-corrected chi connectivity index (χ2v) is 6.30. The highest BCUT2D eigenvalue weighted by molar-refractivity contribution is 14.1. The van der Waals surface area contributed by atoms with Gasteiger partial charge in [-0.15, -0.1) is 0 Å². The summed E-state index contributed by atoms with van der Waals surface area (Å²) in [4.78, 5) is 11.9. The second kappa shape index (κ2) is 7.45. The van der Waals surface area contributed by atoms with Gasteiger partial charge < -0.3 is 10.1 Å². The molecule has 0 aromatic heterocycles. The summed E-state index contributed by atoms with van der Waals surface area (Å²) in [5.41, 5.74) is 0.819. The van der Waals surface area contributed by atoms with Crippen molar-refractivity contribution >= 4 is 45.8 Å². The third kappa shape index (κ3) is 4.93. The highest BCUT2D eigenvalue weighted by atomic mass is 127. The van der Waals surface area contributed by atoms with Gasteiger partial charge in [0.1, 0.15) is 0 Å². The van der Waals surface area contributed by atoms with E-state index in [9.17, 15) is 4.79 Å². The van der Waals surface area contributed by atoms with Gasteiger partial charge in [-0.1, -0.05) is 11.6 Å². The lowest BCUT2D eigenvalue weighted by molar-refractivity contribution is -0.117. The average Bonchev–Trinajstić information content (AvgIpc) is 2.41. The molecule has 2 rings (SSSR count). The lowest BCUT2D eigenvalue weighted by atomic mass is 10.0. The minimum Gasteiger partial charge on any atom is -0.378 e. The molecule has 19 heavy (non-hydrogen) atoms. The van der Waals surface area contributed by atoms with Crippen LogP contribution in [-0.4, -0.2) is 18.6 Å². The summed E-state index contributed by atoms with van der Waals surface area (Å²) in [6.45, 7) is 0.835. The second-order valence-electron chi connectivity index (χ2n) is 4.70. The molecule has 1 saturated heterocycles. The zero-order chi connectivity index (χ0) is 13.7. The molecule has 0 spiro atoms. The first-order valence-corrected chi connectivity index (χ1v) is 7.97. The van der Waals surface area contributed by atoms with Gasteiger partial charge in [-0.2, -0.15) is 0 Å². The van der Waals surface area contributed by atoms with Gasteiger partial charge in [-0.05, 0) is 66.5 Å². The Morgan fingerprint density at radius 2 is 2.32 bits per heavy atom. The summed E-state index contributed by atoms with van der Waals surface area (Å²) in [6.07, 6.45) is 4.99. The van der Waals surface area contributed by atoms with E-state index < -0.39 is 0 Å². The van der Waals surface area contributed by atoms with Crippen molar-refractivity contribution in [2.75, 3.05) is 11.9 Å². The zero-order valence-corrected chi connectivity index (χ0v) is 13.5. The molecule has 1 aliphatic heterocycles. The van der Waals surface area contributed by atoms with Crippen LogP contribution in [0, 0.1) is 3.57 Å². The van der Waals surface area contributed by atoms with Gasteiger partial charge in [0.25, 0.3) is 0 Å². The van der Waals surface area contributed by atoms with Gasteiger partial charge in [-0.3, -0.25) is 4.79 Å². The monoisotopic (exact) mass is 393 g/mol. The predicted octanol–water partition coefficient (Wildman–Crippen LogP) is 4.23. The van der Waals surface area contributed by atoms with Gasteiger partial charge in [0, 0.05) is 21.6 Å². The summed E-state index contributed by atoms with van der Waals surface area (Å²) in [5.74, 6) is 0.0365. The Balaban J connectivity index is 1.80. The standard InChI is InChI=1S/C14H17ClINO2/c15-10-4-6-13(12(16)9-10)17-14(18)7-5-11-3-1-2-8-19-11/h4,6,9,11H,1-3,5,7-8H2,(H,17,18). The molecule has 1 aromatic carbocycles. The van der Waals surface area contributed by atoms with E-state index in [-0.39, 0.29) is 12.0 Å². The fourth-order valence-corrected chi connectivity index (χ4v) is 3.14. The fraction of sp³-hybridized carbons (Fsp3) is 0.500. The van der Waals surface area contributed by atoms with Gasteiger partial charge in [0.2, 0.25) is 5.91 Å². The largest absolute Gasteiger partial charge is 0.378 e. The normalized spacial score (nSPS) is 19.2. The molecule has 0 aliphatic carbocycles. The number of nitrogens with one attached hydrogen (secondary N) is 1. The summed E-state index contributed by atoms with van der Waals surface area (Å²) in [7, 11) is 0. The number of ether oxygens (including phenoxy) is 1. The van der Waals surface area contributed by atoms with Crippen LogP contribution in [-0.2, 0) is 9.53 Å². The first-order valence-electron chi connectivity index (χ1n) is 6.51.